The predicted octanol–water partition coefficient (Wildman–Crippen LogP) is 11.7. The summed E-state index contributed by atoms with van der Waals surface area (Å²) in [6.45, 7) is 5.57. The van der Waals surface area contributed by atoms with Crippen molar-refractivity contribution in [3.8, 4) is 0 Å². The number of unbranched alkanes of at least 4 members (excludes halogenated alkanes) is 14. The largest absolute Gasteiger partial charge is 0.392 e. The summed E-state index contributed by atoms with van der Waals surface area (Å²) in [6, 6.07) is 16.0. The molecule has 6 nitrogen and oxygen atoms in total. The molecule has 46 heavy (non-hydrogen) atoms. The molecule has 1 aliphatic rings. The Kier molecular flexibility index (Phi) is 20.1. The standard InChI is InChI=1S/C19H30N2OS.C12H24O.C7H6N2S/c1-2-3-4-5-6-7-8-9-12-16(22)15-23-19-20-17-13-10-11-14-18(17)21-19;1-2-3-4-5-6-7-8-9-10-12-11-13-12;10-7-8-5-3-1-2-4-6(5)9-7/h10-11,13-14,16,22H,2-9,12,15H2,1H3,(H,20,21);12H,2-11H2,1H3;1-4H,(H2,8,9,10). The van der Waals surface area contributed by atoms with Crippen LogP contribution < -0.4 is 0 Å². The van der Waals surface area contributed by atoms with E-state index in [1.807, 2.05) is 48.5 Å². The third-order valence-corrected chi connectivity index (χ3v) is 9.60. The summed E-state index contributed by atoms with van der Waals surface area (Å²) in [5, 5.41) is 11.0. The molecule has 2 aromatic carbocycles. The lowest BCUT2D eigenvalue weighted by Crippen LogP contribution is -2.09. The summed E-state index contributed by atoms with van der Waals surface area (Å²) in [6.07, 6.45) is 24.5. The number of epoxide rings is 1. The van der Waals surface area contributed by atoms with Crippen LogP contribution in [-0.4, -0.2) is 49.6 Å². The minimum atomic E-state index is -0.228. The van der Waals surface area contributed by atoms with E-state index in [-0.39, 0.29) is 6.10 Å². The van der Waals surface area contributed by atoms with Crippen LogP contribution in [0, 0.1) is 4.77 Å². The van der Waals surface area contributed by atoms with Gasteiger partial charge in [-0.3, -0.25) is 0 Å². The summed E-state index contributed by atoms with van der Waals surface area (Å²) >= 11 is 6.52. The van der Waals surface area contributed by atoms with Gasteiger partial charge in [-0.1, -0.05) is 153 Å². The normalized spacial score (nSPS) is 14.5. The first kappa shape index (κ1) is 38.3. The van der Waals surface area contributed by atoms with Crippen LogP contribution >= 0.6 is 24.0 Å². The Labute approximate surface area is 287 Å². The number of nitrogens with one attached hydrogen (secondary N) is 3. The summed E-state index contributed by atoms with van der Waals surface area (Å²) in [7, 11) is 0. The fourth-order valence-corrected chi connectivity index (χ4v) is 6.57. The number of aliphatic hydroxyl groups is 1. The van der Waals surface area contributed by atoms with Crippen molar-refractivity contribution in [3.63, 3.8) is 0 Å². The molecule has 1 saturated heterocycles. The van der Waals surface area contributed by atoms with Gasteiger partial charge in [0.2, 0.25) is 0 Å². The molecule has 4 N–H and O–H groups in total. The number of hydrogen-bond acceptors (Lipinski definition) is 5. The van der Waals surface area contributed by atoms with E-state index < -0.39 is 0 Å². The topological polar surface area (TPSA) is 93.0 Å². The van der Waals surface area contributed by atoms with Gasteiger partial charge in [-0.25, -0.2) is 4.98 Å². The van der Waals surface area contributed by atoms with E-state index in [9.17, 15) is 5.11 Å². The molecule has 1 aliphatic heterocycles. The molecule has 0 bridgehead atoms. The van der Waals surface area contributed by atoms with Crippen molar-refractivity contribution in [1.29, 1.82) is 0 Å². The molecule has 2 unspecified atom stereocenters. The first-order chi connectivity index (χ1) is 22.6. The molecule has 256 valence electrons. The minimum Gasteiger partial charge on any atom is -0.392 e. The van der Waals surface area contributed by atoms with Gasteiger partial charge in [0.05, 0.1) is 40.9 Å². The van der Waals surface area contributed by atoms with Crippen LogP contribution in [0.2, 0.25) is 0 Å². The van der Waals surface area contributed by atoms with Gasteiger partial charge in [0.25, 0.3) is 0 Å². The van der Waals surface area contributed by atoms with Crippen LogP contribution in [0.15, 0.2) is 53.7 Å². The Morgan fingerprint density at radius 1 is 0.739 bits per heavy atom. The quantitative estimate of drug-likeness (QED) is 0.0307. The maximum atomic E-state index is 10.1. The van der Waals surface area contributed by atoms with E-state index in [0.29, 0.717) is 10.9 Å². The highest BCUT2D eigenvalue weighted by Gasteiger charge is 2.20. The van der Waals surface area contributed by atoms with Crippen LogP contribution in [0.25, 0.3) is 22.1 Å². The predicted molar refractivity (Wildman–Crippen MR) is 201 cm³/mol. The van der Waals surface area contributed by atoms with Crippen LogP contribution in [-0.2, 0) is 4.74 Å². The van der Waals surface area contributed by atoms with Gasteiger partial charge in [-0.2, -0.15) is 0 Å². The second-order valence-electron chi connectivity index (χ2n) is 12.6. The van der Waals surface area contributed by atoms with Gasteiger partial charge in [0.1, 0.15) is 0 Å². The van der Waals surface area contributed by atoms with E-state index in [1.54, 1.807) is 11.8 Å². The first-order valence-corrected chi connectivity index (χ1v) is 19.5. The van der Waals surface area contributed by atoms with Gasteiger partial charge in [-0.05, 0) is 49.3 Å². The molecule has 4 aromatic rings. The second kappa shape index (κ2) is 24.1. The van der Waals surface area contributed by atoms with Crippen LogP contribution in [0.3, 0.4) is 0 Å². The monoisotopic (exact) mass is 668 g/mol. The number of ether oxygens (including phenoxy) is 1. The van der Waals surface area contributed by atoms with Gasteiger partial charge < -0.3 is 24.8 Å². The Morgan fingerprint density at radius 3 is 1.78 bits per heavy atom. The van der Waals surface area contributed by atoms with E-state index >= 15 is 0 Å². The number of H-pyrrole nitrogens is 3. The number of thioether (sulfide) groups is 1. The Balaban J connectivity index is 0.000000209. The number of rotatable bonds is 21. The molecule has 2 aromatic heterocycles. The fraction of sp³-hybridized carbons (Fsp3) is 0.632. The van der Waals surface area contributed by atoms with E-state index in [4.69, 9.17) is 17.0 Å². The maximum Gasteiger partial charge on any atom is 0.175 e. The molecule has 0 radical (unpaired) electrons. The first-order valence-electron chi connectivity index (χ1n) is 18.1. The van der Waals surface area contributed by atoms with Crippen LogP contribution in [0.4, 0.5) is 0 Å². The SMILES string of the molecule is CCCCCCCCCCC(O)CSc1nc2ccccc2[nH]1.CCCCCCCCCCC1CO1.S=c1[nH]c2ccccc2[nH]1. The molecule has 8 heteroatoms. The second-order valence-corrected chi connectivity index (χ2v) is 14.0. The zero-order valence-electron chi connectivity index (χ0n) is 28.5. The summed E-state index contributed by atoms with van der Waals surface area (Å²) < 4.78 is 5.85. The van der Waals surface area contributed by atoms with Gasteiger partial charge in [0, 0.05) is 5.75 Å². The van der Waals surface area contributed by atoms with E-state index in [0.717, 1.165) is 52.4 Å². The van der Waals surface area contributed by atoms with Crippen molar-refractivity contribution in [1.82, 2.24) is 19.9 Å². The average Bonchev–Trinajstić information content (AvgIpc) is 3.67. The lowest BCUT2D eigenvalue weighted by atomic mass is 10.1. The minimum absolute atomic E-state index is 0.228. The molecule has 2 atom stereocenters. The van der Waals surface area contributed by atoms with Crippen molar-refractivity contribution in [2.24, 2.45) is 0 Å². The summed E-state index contributed by atoms with van der Waals surface area (Å²) in [5.41, 5.74) is 4.18. The Hall–Kier alpha value is -2.13. The average molecular weight is 669 g/mol. The number of fused-ring (bicyclic) bond motifs is 2. The van der Waals surface area contributed by atoms with Crippen molar-refractivity contribution < 1.29 is 9.84 Å². The lowest BCUT2D eigenvalue weighted by molar-refractivity contribution is 0.184. The molecule has 1 fully saturated rings. The number of aromatic amines is 3. The number of aromatic nitrogens is 4. The third-order valence-electron chi connectivity index (χ3n) is 8.38. The smallest absolute Gasteiger partial charge is 0.175 e. The number of aliphatic hydroxyl groups excluding tert-OH is 1. The van der Waals surface area contributed by atoms with Gasteiger partial charge >= 0.3 is 0 Å². The highest BCUT2D eigenvalue weighted by atomic mass is 32.2. The van der Waals surface area contributed by atoms with Gasteiger partial charge in [0.15, 0.2) is 9.93 Å². The van der Waals surface area contributed by atoms with Crippen molar-refractivity contribution in [2.75, 3.05) is 12.4 Å². The fourth-order valence-electron chi connectivity index (χ4n) is 5.49. The maximum absolute atomic E-state index is 10.1. The molecule has 0 saturated carbocycles. The molecule has 3 heterocycles. The third kappa shape index (κ3) is 17.1. The van der Waals surface area contributed by atoms with E-state index in [1.165, 1.54) is 103 Å². The highest BCUT2D eigenvalue weighted by molar-refractivity contribution is 7.99. The zero-order chi connectivity index (χ0) is 32.7. The highest BCUT2D eigenvalue weighted by Crippen LogP contribution is 2.21. The molecular formula is C38H60N4O2S2. The Bertz CT molecular complexity index is 1290. The number of benzene rings is 2. The summed E-state index contributed by atoms with van der Waals surface area (Å²) in [5.74, 6) is 0.719. The Morgan fingerprint density at radius 2 is 1.24 bits per heavy atom. The molecular weight excluding hydrogens is 609 g/mol. The molecule has 5 rings (SSSR count). The molecule has 0 spiro atoms. The number of hydrogen-bond donors (Lipinski definition) is 4. The van der Waals surface area contributed by atoms with Crippen LogP contribution in [0.5, 0.6) is 0 Å². The number of nitrogens with zero attached hydrogens (tertiary/aromatic N) is 1. The van der Waals surface area contributed by atoms with Gasteiger partial charge in [-0.15, -0.1) is 0 Å². The van der Waals surface area contributed by atoms with Crippen LogP contribution in [0.1, 0.15) is 129 Å². The van der Waals surface area contributed by atoms with Crippen molar-refractivity contribution in [2.45, 2.75) is 147 Å². The zero-order valence-corrected chi connectivity index (χ0v) is 30.2. The number of imidazole rings is 2. The summed E-state index contributed by atoms with van der Waals surface area (Å²) in [4.78, 5) is 13.9. The lowest BCUT2D eigenvalue weighted by Gasteiger charge is -2.08. The molecule has 0 amide bonds. The number of para-hydroxylation sites is 4. The van der Waals surface area contributed by atoms with Crippen molar-refractivity contribution in [3.05, 3.63) is 53.3 Å². The van der Waals surface area contributed by atoms with E-state index in [2.05, 4.69) is 33.8 Å². The molecule has 0 aliphatic carbocycles. The van der Waals surface area contributed by atoms with Crippen molar-refractivity contribution >= 4 is 46.0 Å².